The lowest BCUT2D eigenvalue weighted by molar-refractivity contribution is -0.135. The minimum Gasteiger partial charge on any atom is -0.378 e. The third-order valence-electron chi connectivity index (χ3n) is 4.08. The molecule has 0 radical (unpaired) electrons. The summed E-state index contributed by atoms with van der Waals surface area (Å²) in [7, 11) is 0. The number of ether oxygens (including phenoxy) is 1. The molecule has 1 amide bonds. The van der Waals surface area contributed by atoms with Crippen LogP contribution in [0.15, 0.2) is 0 Å². The molecule has 3 rings (SSSR count). The van der Waals surface area contributed by atoms with Gasteiger partial charge in [0.15, 0.2) is 0 Å². The molecule has 1 aliphatic carbocycles. The van der Waals surface area contributed by atoms with E-state index in [2.05, 4.69) is 9.55 Å². The number of imidazole rings is 1. The summed E-state index contributed by atoms with van der Waals surface area (Å²) in [6.07, 6.45) is 4.56. The maximum Gasteiger partial charge on any atom is 0.242 e. The number of hydrogen-bond acceptors (Lipinski definition) is 3. The van der Waals surface area contributed by atoms with E-state index in [0.29, 0.717) is 19.8 Å². The highest BCUT2D eigenvalue weighted by Crippen LogP contribution is 2.22. The van der Waals surface area contributed by atoms with Gasteiger partial charge in [-0.25, -0.2) is 4.98 Å². The molecule has 5 heteroatoms. The van der Waals surface area contributed by atoms with Crippen LogP contribution in [0.1, 0.15) is 30.1 Å². The fourth-order valence-corrected chi connectivity index (χ4v) is 2.99. The Hall–Kier alpha value is -1.36. The molecule has 0 unspecified atom stereocenters. The molecule has 1 fully saturated rings. The van der Waals surface area contributed by atoms with Crippen LogP contribution in [0.4, 0.5) is 0 Å². The van der Waals surface area contributed by atoms with Crippen LogP contribution in [0.2, 0.25) is 0 Å². The first kappa shape index (κ1) is 12.7. The second kappa shape index (κ2) is 5.33. The van der Waals surface area contributed by atoms with E-state index in [1.165, 1.54) is 24.2 Å². The third kappa shape index (κ3) is 2.52. The van der Waals surface area contributed by atoms with Gasteiger partial charge in [0, 0.05) is 18.8 Å². The largest absolute Gasteiger partial charge is 0.378 e. The van der Waals surface area contributed by atoms with E-state index in [4.69, 9.17) is 4.74 Å². The van der Waals surface area contributed by atoms with Gasteiger partial charge in [-0.1, -0.05) is 0 Å². The number of nitrogens with zero attached hydrogens (tertiary/aromatic N) is 3. The number of amides is 1. The molecule has 0 atom stereocenters. The first-order valence-electron chi connectivity index (χ1n) is 7.16. The number of carbonyl (C=O) groups is 1. The van der Waals surface area contributed by atoms with Gasteiger partial charge in [0.05, 0.1) is 18.9 Å². The number of hydrogen-bond donors (Lipinski definition) is 0. The molecule has 2 heterocycles. The molecule has 1 aromatic rings. The summed E-state index contributed by atoms with van der Waals surface area (Å²) in [4.78, 5) is 18.8. The predicted molar refractivity (Wildman–Crippen MR) is 71.0 cm³/mol. The van der Waals surface area contributed by atoms with E-state index in [-0.39, 0.29) is 5.91 Å². The summed E-state index contributed by atoms with van der Waals surface area (Å²) < 4.78 is 7.40. The normalized spacial score (nSPS) is 19.3. The SMILES string of the molecule is Cc1nc2c(n1CC(=O)N1CCOCC1)CCCC2. The van der Waals surface area contributed by atoms with Gasteiger partial charge < -0.3 is 14.2 Å². The fourth-order valence-electron chi connectivity index (χ4n) is 2.99. The molecule has 1 aliphatic heterocycles. The predicted octanol–water partition coefficient (Wildman–Crippen LogP) is 0.929. The van der Waals surface area contributed by atoms with Crippen molar-refractivity contribution < 1.29 is 9.53 Å². The topological polar surface area (TPSA) is 47.4 Å². The molecule has 0 aromatic carbocycles. The minimum atomic E-state index is 0.192. The first-order valence-corrected chi connectivity index (χ1v) is 7.16. The third-order valence-corrected chi connectivity index (χ3v) is 4.08. The lowest BCUT2D eigenvalue weighted by Crippen LogP contribution is -2.42. The van der Waals surface area contributed by atoms with Crippen LogP contribution in [0.3, 0.4) is 0 Å². The van der Waals surface area contributed by atoms with E-state index in [1.54, 1.807) is 0 Å². The summed E-state index contributed by atoms with van der Waals surface area (Å²) in [5, 5.41) is 0. The van der Waals surface area contributed by atoms with Crippen LogP contribution in [0, 0.1) is 6.92 Å². The molecule has 19 heavy (non-hydrogen) atoms. The minimum absolute atomic E-state index is 0.192. The number of fused-ring (bicyclic) bond motifs is 1. The van der Waals surface area contributed by atoms with Gasteiger partial charge in [-0.05, 0) is 32.6 Å². The van der Waals surface area contributed by atoms with Crippen LogP contribution in [0.5, 0.6) is 0 Å². The molecule has 1 saturated heterocycles. The van der Waals surface area contributed by atoms with Crippen LogP contribution < -0.4 is 0 Å². The zero-order valence-electron chi connectivity index (χ0n) is 11.5. The highest BCUT2D eigenvalue weighted by molar-refractivity contribution is 5.76. The van der Waals surface area contributed by atoms with E-state index < -0.39 is 0 Å². The molecule has 0 saturated carbocycles. The average molecular weight is 263 g/mol. The summed E-state index contributed by atoms with van der Waals surface area (Å²) >= 11 is 0. The van der Waals surface area contributed by atoms with Gasteiger partial charge in [-0.2, -0.15) is 0 Å². The Morgan fingerprint density at radius 1 is 1.26 bits per heavy atom. The van der Waals surface area contributed by atoms with E-state index >= 15 is 0 Å². The van der Waals surface area contributed by atoms with Gasteiger partial charge in [0.25, 0.3) is 0 Å². The highest BCUT2D eigenvalue weighted by atomic mass is 16.5. The van der Waals surface area contributed by atoms with Crippen LogP contribution in [-0.4, -0.2) is 46.7 Å². The molecule has 1 aromatic heterocycles. The van der Waals surface area contributed by atoms with Gasteiger partial charge in [0.2, 0.25) is 5.91 Å². The second-order valence-corrected chi connectivity index (χ2v) is 5.34. The van der Waals surface area contributed by atoms with Crippen molar-refractivity contribution in [3.05, 3.63) is 17.2 Å². The lowest BCUT2D eigenvalue weighted by Gasteiger charge is -2.27. The zero-order chi connectivity index (χ0) is 13.2. The zero-order valence-corrected chi connectivity index (χ0v) is 11.5. The Kier molecular flexibility index (Phi) is 3.55. The van der Waals surface area contributed by atoms with Crippen molar-refractivity contribution in [2.75, 3.05) is 26.3 Å². The summed E-state index contributed by atoms with van der Waals surface area (Å²) in [6, 6.07) is 0. The fraction of sp³-hybridized carbons (Fsp3) is 0.714. The molecule has 0 spiro atoms. The van der Waals surface area contributed by atoms with Crippen LogP contribution in [0.25, 0.3) is 0 Å². The van der Waals surface area contributed by atoms with Crippen LogP contribution >= 0.6 is 0 Å². The Morgan fingerprint density at radius 3 is 2.79 bits per heavy atom. The highest BCUT2D eigenvalue weighted by Gasteiger charge is 2.22. The standard InChI is InChI=1S/C14H21N3O2/c1-11-15-12-4-2-3-5-13(12)17(11)10-14(18)16-6-8-19-9-7-16/h2-10H2,1H3. The van der Waals surface area contributed by atoms with Crippen molar-refractivity contribution >= 4 is 5.91 Å². The number of rotatable bonds is 2. The molecule has 0 bridgehead atoms. The molecule has 104 valence electrons. The Morgan fingerprint density at radius 2 is 2.00 bits per heavy atom. The molecular formula is C14H21N3O2. The van der Waals surface area contributed by atoms with Crippen LogP contribution in [-0.2, 0) is 28.9 Å². The van der Waals surface area contributed by atoms with Gasteiger partial charge in [-0.15, -0.1) is 0 Å². The summed E-state index contributed by atoms with van der Waals surface area (Å²) in [6.45, 7) is 5.20. The maximum absolute atomic E-state index is 12.3. The molecular weight excluding hydrogens is 242 g/mol. The van der Waals surface area contributed by atoms with E-state index in [1.807, 2.05) is 11.8 Å². The number of aryl methyl sites for hydroxylation is 2. The average Bonchev–Trinajstić information content (AvgIpc) is 2.76. The van der Waals surface area contributed by atoms with Crippen molar-refractivity contribution in [1.29, 1.82) is 0 Å². The van der Waals surface area contributed by atoms with E-state index in [0.717, 1.165) is 31.8 Å². The molecule has 5 nitrogen and oxygen atoms in total. The Labute approximate surface area is 113 Å². The smallest absolute Gasteiger partial charge is 0.242 e. The molecule has 2 aliphatic rings. The second-order valence-electron chi connectivity index (χ2n) is 5.34. The number of aromatic nitrogens is 2. The van der Waals surface area contributed by atoms with E-state index in [9.17, 15) is 4.79 Å². The first-order chi connectivity index (χ1) is 9.25. The van der Waals surface area contributed by atoms with Crippen molar-refractivity contribution in [1.82, 2.24) is 14.5 Å². The number of morpholine rings is 1. The van der Waals surface area contributed by atoms with Gasteiger partial charge in [0.1, 0.15) is 12.4 Å². The summed E-state index contributed by atoms with van der Waals surface area (Å²) in [5.74, 6) is 1.17. The maximum atomic E-state index is 12.3. The quantitative estimate of drug-likeness (QED) is 0.797. The number of carbonyl (C=O) groups excluding carboxylic acids is 1. The van der Waals surface area contributed by atoms with Crippen molar-refractivity contribution in [3.8, 4) is 0 Å². The van der Waals surface area contributed by atoms with Crippen molar-refractivity contribution in [2.45, 2.75) is 39.2 Å². The Balaban J connectivity index is 1.75. The summed E-state index contributed by atoms with van der Waals surface area (Å²) in [5.41, 5.74) is 2.49. The lowest BCUT2D eigenvalue weighted by atomic mass is 10.0. The molecule has 0 N–H and O–H groups in total. The monoisotopic (exact) mass is 263 g/mol. The Bertz CT molecular complexity index is 475. The van der Waals surface area contributed by atoms with Crippen molar-refractivity contribution in [3.63, 3.8) is 0 Å². The van der Waals surface area contributed by atoms with Gasteiger partial charge >= 0.3 is 0 Å². The van der Waals surface area contributed by atoms with Gasteiger partial charge in [-0.3, -0.25) is 4.79 Å². The van der Waals surface area contributed by atoms with Crippen molar-refractivity contribution in [2.24, 2.45) is 0 Å².